The smallest absolute Gasteiger partial charge is 0.475 e. The standard InChI is InChI=1S/C21H24ClN5O.C2HF3O2/c22-17-7-4-8-18-20(17)27(13-15-5-2-1-3-6-15)21(24-18)25-19(28)14-26-11-9-16(23)10-12-26;3-2(4,5)1(6)7/h1-8,16H,9-14,23H2,(H,24,25,28);(H,6,7). The summed E-state index contributed by atoms with van der Waals surface area (Å²) in [6.45, 7) is 2.62. The quantitative estimate of drug-likeness (QED) is 0.481. The van der Waals surface area contributed by atoms with Gasteiger partial charge in [-0.05, 0) is 30.5 Å². The van der Waals surface area contributed by atoms with Crippen molar-refractivity contribution >= 4 is 40.5 Å². The first-order valence-electron chi connectivity index (χ1n) is 10.8. The Labute approximate surface area is 204 Å². The Kier molecular flexibility index (Phi) is 8.71. The summed E-state index contributed by atoms with van der Waals surface area (Å²) in [7, 11) is 0. The number of amides is 1. The summed E-state index contributed by atoms with van der Waals surface area (Å²) < 4.78 is 33.7. The van der Waals surface area contributed by atoms with Gasteiger partial charge in [0.1, 0.15) is 0 Å². The number of nitrogens with two attached hydrogens (primary N) is 1. The molecule has 1 saturated heterocycles. The predicted molar refractivity (Wildman–Crippen MR) is 126 cm³/mol. The number of para-hydroxylation sites is 1. The average molecular weight is 512 g/mol. The fourth-order valence-corrected chi connectivity index (χ4v) is 3.91. The number of carboxylic acid groups (broad SMARTS) is 1. The van der Waals surface area contributed by atoms with Crippen molar-refractivity contribution in [2.45, 2.75) is 31.6 Å². The van der Waals surface area contributed by atoms with E-state index in [0.717, 1.165) is 42.5 Å². The molecule has 1 aliphatic rings. The number of fused-ring (bicyclic) bond motifs is 1. The highest BCUT2D eigenvalue weighted by Gasteiger charge is 2.38. The van der Waals surface area contributed by atoms with Crippen LogP contribution in [0.15, 0.2) is 48.5 Å². The average Bonchev–Trinajstić information content (AvgIpc) is 3.13. The van der Waals surface area contributed by atoms with Gasteiger partial charge < -0.3 is 15.4 Å². The molecule has 8 nitrogen and oxygen atoms in total. The van der Waals surface area contributed by atoms with E-state index in [1.54, 1.807) is 0 Å². The lowest BCUT2D eigenvalue weighted by Gasteiger charge is -2.29. The van der Waals surface area contributed by atoms with Crippen LogP contribution in [0.3, 0.4) is 0 Å². The molecule has 35 heavy (non-hydrogen) atoms. The molecule has 12 heteroatoms. The van der Waals surface area contributed by atoms with Crippen molar-refractivity contribution < 1.29 is 27.9 Å². The lowest BCUT2D eigenvalue weighted by Crippen LogP contribution is -2.43. The number of carboxylic acids is 1. The summed E-state index contributed by atoms with van der Waals surface area (Å²) in [5.41, 5.74) is 8.65. The van der Waals surface area contributed by atoms with E-state index in [0.29, 0.717) is 24.1 Å². The minimum Gasteiger partial charge on any atom is -0.475 e. The third kappa shape index (κ3) is 7.41. The van der Waals surface area contributed by atoms with E-state index in [-0.39, 0.29) is 11.9 Å². The SMILES string of the molecule is NC1CCN(CC(=O)Nc2nc3cccc(Cl)c3n2Cc2ccccc2)CC1.O=C(O)C(F)(F)F. The Morgan fingerprint density at radius 3 is 2.34 bits per heavy atom. The lowest BCUT2D eigenvalue weighted by molar-refractivity contribution is -0.192. The molecule has 1 aromatic heterocycles. The molecule has 3 aromatic rings. The van der Waals surface area contributed by atoms with E-state index in [4.69, 9.17) is 27.2 Å². The van der Waals surface area contributed by atoms with Crippen molar-refractivity contribution in [3.05, 3.63) is 59.1 Å². The number of carbonyl (C=O) groups excluding carboxylic acids is 1. The molecule has 4 rings (SSSR count). The van der Waals surface area contributed by atoms with Crippen molar-refractivity contribution in [2.75, 3.05) is 25.0 Å². The van der Waals surface area contributed by atoms with Gasteiger partial charge in [-0.2, -0.15) is 13.2 Å². The Bertz CT molecular complexity index is 1160. The van der Waals surface area contributed by atoms with Crippen molar-refractivity contribution in [3.63, 3.8) is 0 Å². The highest BCUT2D eigenvalue weighted by molar-refractivity contribution is 6.35. The normalized spacial score (nSPS) is 14.9. The minimum atomic E-state index is -5.08. The first kappa shape index (κ1) is 26.5. The van der Waals surface area contributed by atoms with Crippen LogP contribution in [0.2, 0.25) is 5.02 Å². The molecule has 1 aliphatic heterocycles. The topological polar surface area (TPSA) is 113 Å². The Balaban J connectivity index is 0.000000429. The highest BCUT2D eigenvalue weighted by Crippen LogP contribution is 2.28. The number of imidazole rings is 1. The van der Waals surface area contributed by atoms with Gasteiger partial charge in [0.25, 0.3) is 0 Å². The molecule has 0 aliphatic carbocycles. The van der Waals surface area contributed by atoms with Crippen LogP contribution in [0, 0.1) is 0 Å². The maximum absolute atomic E-state index is 12.7. The molecule has 0 radical (unpaired) electrons. The Hall–Kier alpha value is -3.15. The van der Waals surface area contributed by atoms with Crippen LogP contribution in [0.25, 0.3) is 11.0 Å². The van der Waals surface area contributed by atoms with Gasteiger partial charge >= 0.3 is 12.1 Å². The summed E-state index contributed by atoms with van der Waals surface area (Å²) in [6, 6.07) is 15.9. The Morgan fingerprint density at radius 1 is 1.11 bits per heavy atom. The van der Waals surface area contributed by atoms with E-state index in [9.17, 15) is 18.0 Å². The molecule has 0 atom stereocenters. The van der Waals surface area contributed by atoms with Gasteiger partial charge in [-0.1, -0.05) is 48.0 Å². The second-order valence-corrected chi connectivity index (χ2v) is 8.49. The van der Waals surface area contributed by atoms with Gasteiger partial charge in [-0.3, -0.25) is 15.0 Å². The highest BCUT2D eigenvalue weighted by atomic mass is 35.5. The number of piperidine rings is 1. The zero-order valence-corrected chi connectivity index (χ0v) is 19.4. The minimum absolute atomic E-state index is 0.0730. The molecule has 1 fully saturated rings. The number of aliphatic carboxylic acids is 1. The number of hydrogen-bond acceptors (Lipinski definition) is 5. The van der Waals surface area contributed by atoms with Crippen LogP contribution in [0.5, 0.6) is 0 Å². The molecule has 0 unspecified atom stereocenters. The molecule has 0 saturated carbocycles. The van der Waals surface area contributed by atoms with Crippen LogP contribution < -0.4 is 11.1 Å². The predicted octanol–water partition coefficient (Wildman–Crippen LogP) is 3.73. The molecule has 0 spiro atoms. The molecular weight excluding hydrogens is 487 g/mol. The van der Waals surface area contributed by atoms with Crippen molar-refractivity contribution in [2.24, 2.45) is 5.73 Å². The molecule has 4 N–H and O–H groups in total. The van der Waals surface area contributed by atoms with Crippen LogP contribution in [-0.2, 0) is 16.1 Å². The summed E-state index contributed by atoms with van der Waals surface area (Å²) >= 11 is 6.45. The molecular formula is C23H25ClF3N5O3. The number of likely N-dealkylation sites (tertiary alicyclic amines) is 1. The van der Waals surface area contributed by atoms with E-state index >= 15 is 0 Å². The van der Waals surface area contributed by atoms with E-state index in [1.807, 2.05) is 53.1 Å². The van der Waals surface area contributed by atoms with Crippen LogP contribution in [0.4, 0.5) is 19.1 Å². The number of nitrogens with zero attached hydrogens (tertiary/aromatic N) is 3. The largest absolute Gasteiger partial charge is 0.490 e. The maximum Gasteiger partial charge on any atom is 0.490 e. The van der Waals surface area contributed by atoms with Gasteiger partial charge in [0.05, 0.1) is 29.1 Å². The number of halogens is 4. The van der Waals surface area contributed by atoms with Crippen LogP contribution >= 0.6 is 11.6 Å². The van der Waals surface area contributed by atoms with Crippen molar-refractivity contribution in [3.8, 4) is 0 Å². The van der Waals surface area contributed by atoms with Crippen molar-refractivity contribution in [1.82, 2.24) is 14.5 Å². The maximum atomic E-state index is 12.7. The number of benzene rings is 2. The van der Waals surface area contributed by atoms with Crippen LogP contribution in [-0.4, -0.2) is 63.3 Å². The fourth-order valence-electron chi connectivity index (χ4n) is 3.64. The molecule has 1 amide bonds. The molecule has 0 bridgehead atoms. The number of nitrogens with one attached hydrogen (secondary N) is 1. The fraction of sp³-hybridized carbons (Fsp3) is 0.348. The van der Waals surface area contributed by atoms with Gasteiger partial charge in [0.2, 0.25) is 11.9 Å². The molecule has 2 aromatic carbocycles. The monoisotopic (exact) mass is 511 g/mol. The lowest BCUT2D eigenvalue weighted by atomic mass is 10.1. The summed E-state index contributed by atoms with van der Waals surface area (Å²) in [6.07, 6.45) is -3.23. The summed E-state index contributed by atoms with van der Waals surface area (Å²) in [5.74, 6) is -2.31. The van der Waals surface area contributed by atoms with Crippen LogP contribution in [0.1, 0.15) is 18.4 Å². The number of anilines is 1. The second-order valence-electron chi connectivity index (χ2n) is 8.08. The van der Waals surface area contributed by atoms with Gasteiger partial charge in [0, 0.05) is 19.1 Å². The zero-order chi connectivity index (χ0) is 25.6. The number of aromatic nitrogens is 2. The van der Waals surface area contributed by atoms with E-state index < -0.39 is 12.1 Å². The van der Waals surface area contributed by atoms with Gasteiger partial charge in [-0.15, -0.1) is 0 Å². The first-order chi connectivity index (χ1) is 16.5. The first-order valence-corrected chi connectivity index (χ1v) is 11.2. The second kappa shape index (κ2) is 11.5. The number of rotatable bonds is 5. The molecule has 2 heterocycles. The Morgan fingerprint density at radius 2 is 1.74 bits per heavy atom. The van der Waals surface area contributed by atoms with Gasteiger partial charge in [0.15, 0.2) is 0 Å². The molecule has 188 valence electrons. The van der Waals surface area contributed by atoms with Crippen molar-refractivity contribution in [1.29, 1.82) is 0 Å². The number of carbonyl (C=O) groups is 2. The third-order valence-corrected chi connectivity index (χ3v) is 5.70. The number of hydrogen-bond donors (Lipinski definition) is 3. The third-order valence-electron chi connectivity index (χ3n) is 5.39. The summed E-state index contributed by atoms with van der Waals surface area (Å²) in [4.78, 5) is 28.3. The van der Waals surface area contributed by atoms with E-state index in [2.05, 4.69) is 15.2 Å². The summed E-state index contributed by atoms with van der Waals surface area (Å²) in [5, 5.41) is 10.7. The number of alkyl halides is 3. The zero-order valence-electron chi connectivity index (χ0n) is 18.6. The van der Waals surface area contributed by atoms with Gasteiger partial charge in [-0.25, -0.2) is 9.78 Å². The van der Waals surface area contributed by atoms with E-state index in [1.165, 1.54) is 0 Å².